The van der Waals surface area contributed by atoms with Crippen LogP contribution >= 0.6 is 0 Å². The summed E-state index contributed by atoms with van der Waals surface area (Å²) in [6.07, 6.45) is 1.11. The summed E-state index contributed by atoms with van der Waals surface area (Å²) in [7, 11) is 0. The van der Waals surface area contributed by atoms with E-state index in [2.05, 4.69) is 0 Å². The van der Waals surface area contributed by atoms with Crippen molar-refractivity contribution in [3.63, 3.8) is 0 Å². The lowest BCUT2D eigenvalue weighted by molar-refractivity contribution is -0.141. The van der Waals surface area contributed by atoms with E-state index < -0.39 is 0 Å². The second-order valence-corrected chi connectivity index (χ2v) is 5.05. The van der Waals surface area contributed by atoms with Crippen molar-refractivity contribution in [1.29, 1.82) is 0 Å². The molecule has 1 saturated heterocycles. The Morgan fingerprint density at radius 3 is 2.90 bits per heavy atom. The van der Waals surface area contributed by atoms with Gasteiger partial charge in [-0.1, -0.05) is 6.07 Å². The van der Waals surface area contributed by atoms with Gasteiger partial charge in [-0.15, -0.1) is 0 Å². The number of carbonyl (C=O) groups is 2. The fourth-order valence-corrected chi connectivity index (χ4v) is 2.46. The van der Waals surface area contributed by atoms with Crippen molar-refractivity contribution >= 4 is 11.8 Å². The Hall–Kier alpha value is -2.08. The number of carbonyl (C=O) groups excluding carboxylic acids is 2. The lowest BCUT2D eigenvalue weighted by Gasteiger charge is -2.13. The maximum Gasteiger partial charge on any atom is 0.231 e. The highest BCUT2D eigenvalue weighted by molar-refractivity contribution is 5.97. The van der Waals surface area contributed by atoms with Crippen LogP contribution in [0.4, 0.5) is 0 Å². The fraction of sp³-hybridized carbons (Fsp3) is 0.429. The Kier molecular flexibility index (Phi) is 3.31. The zero-order valence-corrected chi connectivity index (χ0v) is 11.0. The number of nitrogens with two attached hydrogens (primary N) is 1. The van der Waals surface area contributed by atoms with E-state index in [4.69, 9.17) is 15.2 Å². The second kappa shape index (κ2) is 5.13. The monoisotopic (exact) mass is 276 g/mol. The first kappa shape index (κ1) is 12.9. The van der Waals surface area contributed by atoms with E-state index in [1.54, 1.807) is 0 Å². The molecule has 3 rings (SSSR count). The molecule has 106 valence electrons. The smallest absolute Gasteiger partial charge is 0.231 e. The highest BCUT2D eigenvalue weighted by Gasteiger charge is 2.31. The Morgan fingerprint density at radius 1 is 1.35 bits per heavy atom. The molecule has 1 aromatic rings. The number of imide groups is 1. The molecule has 1 aromatic carbocycles. The number of benzene rings is 1. The number of fused-ring (bicyclic) bond motifs is 1. The number of rotatable bonds is 3. The highest BCUT2D eigenvalue weighted by atomic mass is 16.7. The largest absolute Gasteiger partial charge is 0.454 e. The summed E-state index contributed by atoms with van der Waals surface area (Å²) in [5.74, 6) is 1.09. The number of nitrogens with zero attached hydrogens (tertiary/aromatic N) is 1. The molecule has 20 heavy (non-hydrogen) atoms. The molecule has 6 nitrogen and oxygen atoms in total. The van der Waals surface area contributed by atoms with Crippen LogP contribution in [0, 0.1) is 0 Å². The first-order valence-electron chi connectivity index (χ1n) is 6.61. The molecule has 0 bridgehead atoms. The van der Waals surface area contributed by atoms with Crippen molar-refractivity contribution in [3.05, 3.63) is 23.8 Å². The van der Waals surface area contributed by atoms with Crippen molar-refractivity contribution in [1.82, 2.24) is 4.90 Å². The molecule has 1 unspecified atom stereocenters. The van der Waals surface area contributed by atoms with Gasteiger partial charge in [-0.05, 0) is 24.1 Å². The summed E-state index contributed by atoms with van der Waals surface area (Å²) in [5.41, 5.74) is 6.66. The summed E-state index contributed by atoms with van der Waals surface area (Å²) in [6.45, 7) is 0.566. The van der Waals surface area contributed by atoms with Crippen LogP contribution in [0.1, 0.15) is 18.4 Å². The molecule has 2 aliphatic heterocycles. The Balaban J connectivity index is 1.59. The van der Waals surface area contributed by atoms with Gasteiger partial charge in [0, 0.05) is 25.4 Å². The topological polar surface area (TPSA) is 81.9 Å². The highest BCUT2D eigenvalue weighted by Crippen LogP contribution is 2.32. The van der Waals surface area contributed by atoms with E-state index >= 15 is 0 Å². The Labute approximate surface area is 116 Å². The third kappa shape index (κ3) is 2.46. The van der Waals surface area contributed by atoms with Gasteiger partial charge >= 0.3 is 0 Å². The minimum atomic E-state index is -0.225. The SMILES string of the molecule is NC1CC(=O)N(C(=O)CCc2ccc3c(c2)OCO3)C1. The quantitative estimate of drug-likeness (QED) is 0.866. The van der Waals surface area contributed by atoms with Gasteiger partial charge in [-0.2, -0.15) is 0 Å². The van der Waals surface area contributed by atoms with Crippen LogP contribution < -0.4 is 15.2 Å². The second-order valence-electron chi connectivity index (χ2n) is 5.05. The van der Waals surface area contributed by atoms with Gasteiger partial charge < -0.3 is 15.2 Å². The van der Waals surface area contributed by atoms with Crippen LogP contribution in [0.25, 0.3) is 0 Å². The molecule has 2 aliphatic rings. The molecule has 0 spiro atoms. The van der Waals surface area contributed by atoms with Crippen molar-refractivity contribution in [2.75, 3.05) is 13.3 Å². The standard InChI is InChI=1S/C14H16N2O4/c15-10-6-14(18)16(7-10)13(17)4-2-9-1-3-11-12(5-9)20-8-19-11/h1,3,5,10H,2,4,6-8,15H2. The number of hydrogen-bond acceptors (Lipinski definition) is 5. The van der Waals surface area contributed by atoms with Gasteiger partial charge in [0.2, 0.25) is 18.6 Å². The molecule has 2 amide bonds. The maximum absolute atomic E-state index is 12.0. The van der Waals surface area contributed by atoms with Crippen molar-refractivity contribution in [2.24, 2.45) is 5.73 Å². The van der Waals surface area contributed by atoms with Crippen LogP contribution in [0.2, 0.25) is 0 Å². The minimum absolute atomic E-state index is 0.166. The zero-order chi connectivity index (χ0) is 14.1. The number of likely N-dealkylation sites (tertiary alicyclic amines) is 1. The van der Waals surface area contributed by atoms with Crippen molar-refractivity contribution in [3.8, 4) is 11.5 Å². The van der Waals surface area contributed by atoms with E-state index in [0.29, 0.717) is 18.7 Å². The fourth-order valence-electron chi connectivity index (χ4n) is 2.46. The Bertz CT molecular complexity index is 558. The predicted molar refractivity (Wildman–Crippen MR) is 70.2 cm³/mol. The van der Waals surface area contributed by atoms with Crippen LogP contribution in [0.15, 0.2) is 18.2 Å². The number of hydrogen-bond donors (Lipinski definition) is 1. The van der Waals surface area contributed by atoms with Crippen LogP contribution in [0.5, 0.6) is 11.5 Å². The van der Waals surface area contributed by atoms with Crippen LogP contribution in [-0.2, 0) is 16.0 Å². The van der Waals surface area contributed by atoms with Crippen LogP contribution in [-0.4, -0.2) is 36.1 Å². The summed E-state index contributed by atoms with van der Waals surface area (Å²) >= 11 is 0. The van der Waals surface area contributed by atoms with E-state index in [0.717, 1.165) is 11.3 Å². The van der Waals surface area contributed by atoms with Gasteiger partial charge in [-0.25, -0.2) is 0 Å². The minimum Gasteiger partial charge on any atom is -0.454 e. The average Bonchev–Trinajstić information content (AvgIpc) is 3.01. The van der Waals surface area contributed by atoms with Gasteiger partial charge in [0.05, 0.1) is 0 Å². The summed E-state index contributed by atoms with van der Waals surface area (Å²) < 4.78 is 10.5. The maximum atomic E-state index is 12.0. The molecule has 0 saturated carbocycles. The lowest BCUT2D eigenvalue weighted by atomic mass is 10.1. The number of aryl methyl sites for hydroxylation is 1. The van der Waals surface area contributed by atoms with E-state index in [-0.39, 0.29) is 37.5 Å². The molecule has 2 heterocycles. The third-order valence-corrected chi connectivity index (χ3v) is 3.52. The molecule has 1 atom stereocenters. The zero-order valence-electron chi connectivity index (χ0n) is 11.0. The lowest BCUT2D eigenvalue weighted by Crippen LogP contribution is -2.34. The molecule has 6 heteroatoms. The molecule has 0 radical (unpaired) electrons. The molecule has 0 aromatic heterocycles. The van der Waals surface area contributed by atoms with E-state index in [1.165, 1.54) is 4.90 Å². The molecular formula is C14H16N2O4. The van der Waals surface area contributed by atoms with E-state index in [9.17, 15) is 9.59 Å². The summed E-state index contributed by atoms with van der Waals surface area (Å²) in [5, 5.41) is 0. The molecule has 2 N–H and O–H groups in total. The first-order valence-corrected chi connectivity index (χ1v) is 6.61. The van der Waals surface area contributed by atoms with E-state index in [1.807, 2.05) is 18.2 Å². The molecule has 1 fully saturated rings. The van der Waals surface area contributed by atoms with Crippen LogP contribution in [0.3, 0.4) is 0 Å². The van der Waals surface area contributed by atoms with Gasteiger partial charge in [0.25, 0.3) is 0 Å². The Morgan fingerprint density at radius 2 is 2.15 bits per heavy atom. The normalized spacial score (nSPS) is 20.6. The van der Waals surface area contributed by atoms with Crippen molar-refractivity contribution in [2.45, 2.75) is 25.3 Å². The summed E-state index contributed by atoms with van der Waals surface area (Å²) in [4.78, 5) is 24.8. The first-order chi connectivity index (χ1) is 9.63. The van der Waals surface area contributed by atoms with Crippen molar-refractivity contribution < 1.29 is 19.1 Å². The molecular weight excluding hydrogens is 260 g/mol. The number of ether oxygens (including phenoxy) is 2. The molecule has 0 aliphatic carbocycles. The van der Waals surface area contributed by atoms with Gasteiger partial charge in [0.15, 0.2) is 11.5 Å². The summed E-state index contributed by atoms with van der Waals surface area (Å²) in [6, 6.07) is 5.38. The van der Waals surface area contributed by atoms with Gasteiger partial charge in [-0.3, -0.25) is 14.5 Å². The predicted octanol–water partition coefficient (Wildman–Crippen LogP) is 0.434. The average molecular weight is 276 g/mol. The van der Waals surface area contributed by atoms with Gasteiger partial charge in [0.1, 0.15) is 0 Å². The third-order valence-electron chi connectivity index (χ3n) is 3.52. The number of amides is 2.